The molecular weight excluding hydrogens is 343 g/mol. The van der Waals surface area contributed by atoms with Crippen LogP contribution >= 0.6 is 35.6 Å². The molecule has 0 saturated carbocycles. The van der Waals surface area contributed by atoms with Crippen LogP contribution in [-0.2, 0) is 11.2 Å². The molecule has 0 aliphatic carbocycles. The van der Waals surface area contributed by atoms with Gasteiger partial charge in [-0.15, -0.1) is 12.4 Å². The SMILES string of the molecule is Cl.O=C(CCc1ccc(Cl)cc1Cl)N1CCC2CCC(C1)N2. The molecule has 2 bridgehead atoms. The zero-order valence-corrected chi connectivity index (χ0v) is 14.7. The van der Waals surface area contributed by atoms with E-state index in [0.29, 0.717) is 35.0 Å². The number of carbonyl (C=O) groups excluding carboxylic acids is 1. The predicted octanol–water partition coefficient (Wildman–Crippen LogP) is 3.70. The van der Waals surface area contributed by atoms with Gasteiger partial charge < -0.3 is 10.2 Å². The number of fused-ring (bicyclic) bond motifs is 2. The highest BCUT2D eigenvalue weighted by atomic mass is 35.5. The van der Waals surface area contributed by atoms with Crippen LogP contribution in [0.1, 0.15) is 31.2 Å². The second-order valence-corrected chi connectivity index (χ2v) is 6.85. The van der Waals surface area contributed by atoms with Crippen molar-refractivity contribution in [1.29, 1.82) is 0 Å². The normalized spacial score (nSPS) is 23.8. The molecule has 2 aliphatic rings. The second kappa shape index (κ2) is 7.87. The van der Waals surface area contributed by atoms with Crippen LogP contribution in [0.5, 0.6) is 0 Å². The lowest BCUT2D eigenvalue weighted by molar-refractivity contribution is -0.131. The van der Waals surface area contributed by atoms with Gasteiger partial charge in [0.15, 0.2) is 0 Å². The summed E-state index contributed by atoms with van der Waals surface area (Å²) in [6, 6.07) is 6.56. The molecule has 122 valence electrons. The van der Waals surface area contributed by atoms with Gasteiger partial charge in [-0.1, -0.05) is 29.3 Å². The molecule has 0 radical (unpaired) electrons. The van der Waals surface area contributed by atoms with Gasteiger partial charge in [-0.25, -0.2) is 0 Å². The van der Waals surface area contributed by atoms with E-state index in [9.17, 15) is 4.79 Å². The Morgan fingerprint density at radius 3 is 2.77 bits per heavy atom. The summed E-state index contributed by atoms with van der Waals surface area (Å²) in [6.07, 6.45) is 4.71. The summed E-state index contributed by atoms with van der Waals surface area (Å²) in [6.45, 7) is 1.73. The summed E-state index contributed by atoms with van der Waals surface area (Å²) >= 11 is 12.0. The topological polar surface area (TPSA) is 32.3 Å². The number of benzene rings is 1. The van der Waals surface area contributed by atoms with Crippen molar-refractivity contribution in [3.63, 3.8) is 0 Å². The van der Waals surface area contributed by atoms with Crippen LogP contribution in [0.3, 0.4) is 0 Å². The molecule has 2 fully saturated rings. The van der Waals surface area contributed by atoms with Crippen LogP contribution in [0.2, 0.25) is 10.0 Å². The number of amides is 1. The first-order valence-electron chi connectivity index (χ1n) is 7.59. The number of halogens is 3. The Bertz CT molecular complexity index is 538. The lowest BCUT2D eigenvalue weighted by Crippen LogP contribution is -2.39. The minimum atomic E-state index is 0. The summed E-state index contributed by atoms with van der Waals surface area (Å²) in [7, 11) is 0. The van der Waals surface area contributed by atoms with Crippen LogP contribution in [0, 0.1) is 0 Å². The number of hydrogen-bond donors (Lipinski definition) is 1. The Morgan fingerprint density at radius 1 is 1.23 bits per heavy atom. The fourth-order valence-corrected chi connectivity index (χ4v) is 3.80. The van der Waals surface area contributed by atoms with Crippen LogP contribution in [0.25, 0.3) is 0 Å². The van der Waals surface area contributed by atoms with Crippen molar-refractivity contribution in [2.45, 2.75) is 44.2 Å². The highest BCUT2D eigenvalue weighted by Gasteiger charge is 2.30. The third-order valence-corrected chi connectivity index (χ3v) is 5.09. The Hall–Kier alpha value is -0.480. The number of rotatable bonds is 3. The van der Waals surface area contributed by atoms with Crippen molar-refractivity contribution < 1.29 is 4.79 Å². The van der Waals surface area contributed by atoms with E-state index in [1.54, 1.807) is 6.07 Å². The fourth-order valence-electron chi connectivity index (χ4n) is 3.29. The molecule has 2 heterocycles. The molecule has 2 aliphatic heterocycles. The molecule has 1 amide bonds. The van der Waals surface area contributed by atoms with E-state index in [4.69, 9.17) is 23.2 Å². The quantitative estimate of drug-likeness (QED) is 0.888. The van der Waals surface area contributed by atoms with E-state index >= 15 is 0 Å². The van der Waals surface area contributed by atoms with Crippen LogP contribution in [0.15, 0.2) is 18.2 Å². The van der Waals surface area contributed by atoms with E-state index in [0.717, 1.165) is 25.1 Å². The second-order valence-electron chi connectivity index (χ2n) is 6.00. The maximum Gasteiger partial charge on any atom is 0.222 e. The maximum atomic E-state index is 12.4. The molecular formula is C16H21Cl3N2O. The highest BCUT2D eigenvalue weighted by Crippen LogP contribution is 2.24. The van der Waals surface area contributed by atoms with Crippen molar-refractivity contribution in [2.75, 3.05) is 13.1 Å². The first-order valence-corrected chi connectivity index (χ1v) is 8.35. The number of nitrogens with zero attached hydrogens (tertiary/aromatic N) is 1. The van der Waals surface area contributed by atoms with E-state index in [1.807, 2.05) is 17.0 Å². The lowest BCUT2D eigenvalue weighted by Gasteiger charge is -2.24. The minimum absolute atomic E-state index is 0. The van der Waals surface area contributed by atoms with Gasteiger partial charge in [0, 0.05) is 41.6 Å². The van der Waals surface area contributed by atoms with Crippen molar-refractivity contribution >= 4 is 41.5 Å². The van der Waals surface area contributed by atoms with Gasteiger partial charge >= 0.3 is 0 Å². The van der Waals surface area contributed by atoms with Gasteiger partial charge in [0.2, 0.25) is 5.91 Å². The van der Waals surface area contributed by atoms with Crippen molar-refractivity contribution in [3.05, 3.63) is 33.8 Å². The number of hydrogen-bond acceptors (Lipinski definition) is 2. The van der Waals surface area contributed by atoms with E-state index in [-0.39, 0.29) is 18.3 Å². The van der Waals surface area contributed by atoms with Gasteiger partial charge in [0.1, 0.15) is 0 Å². The molecule has 0 spiro atoms. The van der Waals surface area contributed by atoms with Gasteiger partial charge in [-0.3, -0.25) is 4.79 Å². The standard InChI is InChI=1S/C16H20Cl2N2O.ClH/c17-12-3-1-11(15(18)9-12)2-6-16(21)20-8-7-13-4-5-14(10-20)19-13;/h1,3,9,13-14,19H,2,4-8,10H2;1H. The first kappa shape index (κ1) is 17.9. The average molecular weight is 364 g/mol. The smallest absolute Gasteiger partial charge is 0.222 e. The molecule has 1 aromatic rings. The summed E-state index contributed by atoms with van der Waals surface area (Å²) < 4.78 is 0. The average Bonchev–Trinajstić information content (AvgIpc) is 2.77. The third-order valence-electron chi connectivity index (χ3n) is 4.50. The molecule has 2 atom stereocenters. The maximum absolute atomic E-state index is 12.4. The molecule has 0 aromatic heterocycles. The van der Waals surface area contributed by atoms with Crippen LogP contribution in [-0.4, -0.2) is 36.0 Å². The predicted molar refractivity (Wildman–Crippen MR) is 93.2 cm³/mol. The molecule has 6 heteroatoms. The fraction of sp³-hybridized carbons (Fsp3) is 0.562. The molecule has 3 rings (SSSR count). The van der Waals surface area contributed by atoms with Gasteiger partial charge in [-0.2, -0.15) is 0 Å². The molecule has 3 nitrogen and oxygen atoms in total. The Labute approximate surface area is 147 Å². The summed E-state index contributed by atoms with van der Waals surface area (Å²) in [5, 5.41) is 4.87. The van der Waals surface area contributed by atoms with E-state index < -0.39 is 0 Å². The van der Waals surface area contributed by atoms with Crippen molar-refractivity contribution in [3.8, 4) is 0 Å². The number of likely N-dealkylation sites (tertiary alicyclic amines) is 1. The minimum Gasteiger partial charge on any atom is -0.341 e. The number of nitrogens with one attached hydrogen (secondary N) is 1. The molecule has 2 unspecified atom stereocenters. The van der Waals surface area contributed by atoms with E-state index in [1.165, 1.54) is 12.8 Å². The van der Waals surface area contributed by atoms with Crippen LogP contribution in [0.4, 0.5) is 0 Å². The summed E-state index contributed by atoms with van der Waals surface area (Å²) in [5.41, 5.74) is 0.990. The Balaban J connectivity index is 0.00000176. The van der Waals surface area contributed by atoms with Gasteiger partial charge in [0.05, 0.1) is 0 Å². The van der Waals surface area contributed by atoms with Crippen molar-refractivity contribution in [2.24, 2.45) is 0 Å². The Kier molecular flexibility index (Phi) is 6.39. The lowest BCUT2D eigenvalue weighted by atomic mass is 10.1. The van der Waals surface area contributed by atoms with Crippen molar-refractivity contribution in [1.82, 2.24) is 10.2 Å². The summed E-state index contributed by atoms with van der Waals surface area (Å²) in [4.78, 5) is 14.4. The molecule has 1 N–H and O–H groups in total. The van der Waals surface area contributed by atoms with Gasteiger partial charge in [0.25, 0.3) is 0 Å². The molecule has 2 saturated heterocycles. The zero-order chi connectivity index (χ0) is 14.8. The van der Waals surface area contributed by atoms with E-state index in [2.05, 4.69) is 5.32 Å². The summed E-state index contributed by atoms with van der Waals surface area (Å²) in [5.74, 6) is 0.232. The molecule has 1 aromatic carbocycles. The monoisotopic (exact) mass is 362 g/mol. The number of aryl methyl sites for hydroxylation is 1. The molecule has 22 heavy (non-hydrogen) atoms. The first-order chi connectivity index (χ1) is 10.1. The van der Waals surface area contributed by atoms with Crippen LogP contribution < -0.4 is 5.32 Å². The zero-order valence-electron chi connectivity index (χ0n) is 12.4. The largest absolute Gasteiger partial charge is 0.341 e. The Morgan fingerprint density at radius 2 is 2.00 bits per heavy atom. The number of carbonyl (C=O) groups is 1. The highest BCUT2D eigenvalue weighted by molar-refractivity contribution is 6.35. The van der Waals surface area contributed by atoms with Gasteiger partial charge in [-0.05, 0) is 43.4 Å². The third kappa shape index (κ3) is 4.29.